The molecule has 0 atom stereocenters. The maximum absolute atomic E-state index is 10.3. The van der Waals surface area contributed by atoms with Gasteiger partial charge < -0.3 is 35.7 Å². The fourth-order valence-electron chi connectivity index (χ4n) is 3.49. The van der Waals surface area contributed by atoms with Crippen molar-refractivity contribution in [3.05, 3.63) is 0 Å². The molecule has 0 aromatic rings. The predicted octanol–water partition coefficient (Wildman–Crippen LogP) is 2.55. The van der Waals surface area contributed by atoms with Crippen molar-refractivity contribution in [2.45, 2.75) is 122 Å². The van der Waals surface area contributed by atoms with Gasteiger partial charge in [0.15, 0.2) is 0 Å². The van der Waals surface area contributed by atoms with Crippen LogP contribution in [0.4, 0.5) is 0 Å². The number of rotatable bonds is 22. The molecule has 0 heterocycles. The first-order chi connectivity index (χ1) is 15.7. The topological polar surface area (TPSA) is 162 Å². The van der Waals surface area contributed by atoms with E-state index < -0.39 is 31.4 Å². The van der Waals surface area contributed by atoms with Crippen molar-refractivity contribution in [3.8, 4) is 0 Å². The van der Waals surface area contributed by atoms with Gasteiger partial charge in [-0.2, -0.15) is 0 Å². The van der Waals surface area contributed by atoms with Crippen LogP contribution >= 0.6 is 0 Å². The Balaban J connectivity index is 0. The van der Waals surface area contributed by atoms with Gasteiger partial charge in [-0.3, -0.25) is 4.79 Å². The Morgan fingerprint density at radius 3 is 1.30 bits per heavy atom. The molecule has 7 N–H and O–H groups in total. The predicted molar refractivity (Wildman–Crippen MR) is 128 cm³/mol. The number of carbonyl (C=O) groups is 1. The Bertz CT molecular complexity index is 415. The van der Waals surface area contributed by atoms with Crippen LogP contribution < -0.4 is 0 Å². The Morgan fingerprint density at radius 1 is 0.697 bits per heavy atom. The van der Waals surface area contributed by atoms with Crippen LogP contribution in [0.25, 0.3) is 0 Å². The first-order valence-corrected chi connectivity index (χ1v) is 12.7. The standard InChI is InChI=1S/C18H36O2.C6H15NO6/c1-2-3-4-5-6-7-8-9-10-11-12-13-14-15-16-17-18(19)20;8-3-1-7(2-4-9)6(12,13)5(10)11/h2-17H2,1H3,(H,19,20);5,8-13H,1-4H2. The zero-order valence-corrected chi connectivity index (χ0v) is 20.7. The van der Waals surface area contributed by atoms with Crippen LogP contribution in [-0.2, 0) is 4.79 Å². The molecule has 0 aliphatic rings. The summed E-state index contributed by atoms with van der Waals surface area (Å²) in [6, 6.07) is 0. The fourth-order valence-corrected chi connectivity index (χ4v) is 3.49. The highest BCUT2D eigenvalue weighted by molar-refractivity contribution is 5.66. The number of carboxylic acid groups (broad SMARTS) is 1. The van der Waals surface area contributed by atoms with Crippen molar-refractivity contribution in [1.29, 1.82) is 0 Å². The van der Waals surface area contributed by atoms with Crippen molar-refractivity contribution in [2.24, 2.45) is 0 Å². The Labute approximate surface area is 200 Å². The highest BCUT2D eigenvalue weighted by Crippen LogP contribution is 2.14. The van der Waals surface area contributed by atoms with Crippen LogP contribution in [0.1, 0.15) is 110 Å². The van der Waals surface area contributed by atoms with Crippen LogP contribution in [0.15, 0.2) is 0 Å². The van der Waals surface area contributed by atoms with Crippen molar-refractivity contribution >= 4 is 5.97 Å². The Kier molecular flexibility index (Phi) is 25.3. The molecule has 0 bridgehead atoms. The summed E-state index contributed by atoms with van der Waals surface area (Å²) in [5.41, 5.74) is 0. The average molecular weight is 482 g/mol. The summed E-state index contributed by atoms with van der Waals surface area (Å²) >= 11 is 0. The van der Waals surface area contributed by atoms with Gasteiger partial charge in [0, 0.05) is 19.5 Å². The van der Waals surface area contributed by atoms with Gasteiger partial charge in [-0.15, -0.1) is 0 Å². The second kappa shape index (κ2) is 24.3. The molecular weight excluding hydrogens is 430 g/mol. The Morgan fingerprint density at radius 2 is 1.03 bits per heavy atom. The number of hydrogen-bond donors (Lipinski definition) is 7. The molecule has 0 spiro atoms. The van der Waals surface area contributed by atoms with Crippen LogP contribution in [0.3, 0.4) is 0 Å². The summed E-state index contributed by atoms with van der Waals surface area (Å²) < 4.78 is 0. The summed E-state index contributed by atoms with van der Waals surface area (Å²) in [6.45, 7) is 1.10. The third kappa shape index (κ3) is 22.7. The van der Waals surface area contributed by atoms with Gasteiger partial charge in [0.1, 0.15) is 0 Å². The van der Waals surface area contributed by atoms with E-state index in [9.17, 15) is 4.79 Å². The van der Waals surface area contributed by atoms with E-state index >= 15 is 0 Å². The average Bonchev–Trinajstić information content (AvgIpc) is 2.76. The zero-order chi connectivity index (χ0) is 25.4. The summed E-state index contributed by atoms with van der Waals surface area (Å²) in [4.78, 5) is 11.1. The van der Waals surface area contributed by atoms with E-state index in [0.29, 0.717) is 6.42 Å². The van der Waals surface area contributed by atoms with Crippen LogP contribution in [0.5, 0.6) is 0 Å². The summed E-state index contributed by atoms with van der Waals surface area (Å²) in [7, 11) is 0. The molecule has 33 heavy (non-hydrogen) atoms. The Hall–Kier alpha value is -0.810. The van der Waals surface area contributed by atoms with E-state index in [4.69, 9.17) is 35.7 Å². The van der Waals surface area contributed by atoms with E-state index in [2.05, 4.69) is 6.92 Å². The van der Waals surface area contributed by atoms with Crippen molar-refractivity contribution in [2.75, 3.05) is 26.3 Å². The van der Waals surface area contributed by atoms with Gasteiger partial charge in [0.25, 0.3) is 5.91 Å². The maximum Gasteiger partial charge on any atom is 0.303 e. The van der Waals surface area contributed by atoms with Crippen molar-refractivity contribution < 1.29 is 40.5 Å². The summed E-state index contributed by atoms with van der Waals surface area (Å²) in [5, 5.41) is 60.8. The molecule has 0 aliphatic carbocycles. The number of aliphatic carboxylic acids is 1. The molecule has 0 aliphatic heterocycles. The van der Waals surface area contributed by atoms with Gasteiger partial charge >= 0.3 is 5.97 Å². The van der Waals surface area contributed by atoms with Crippen LogP contribution in [0.2, 0.25) is 0 Å². The fraction of sp³-hybridized carbons (Fsp3) is 0.958. The second-order valence-electron chi connectivity index (χ2n) is 8.59. The van der Waals surface area contributed by atoms with Crippen molar-refractivity contribution in [3.63, 3.8) is 0 Å². The number of nitrogens with zero attached hydrogens (tertiary/aromatic N) is 1. The lowest BCUT2D eigenvalue weighted by molar-refractivity contribution is -0.359. The molecule has 0 aromatic carbocycles. The number of aliphatic hydroxyl groups is 6. The molecule has 0 saturated heterocycles. The second-order valence-corrected chi connectivity index (χ2v) is 8.59. The first kappa shape index (κ1) is 34.4. The molecular formula is C24H51NO8. The minimum atomic E-state index is -2.86. The number of hydrogen-bond acceptors (Lipinski definition) is 8. The van der Waals surface area contributed by atoms with Crippen LogP contribution in [-0.4, -0.2) is 85.1 Å². The van der Waals surface area contributed by atoms with E-state index in [1.54, 1.807) is 0 Å². The van der Waals surface area contributed by atoms with Gasteiger partial charge in [-0.1, -0.05) is 96.8 Å². The molecule has 0 saturated carbocycles. The normalized spacial score (nSPS) is 11.7. The molecule has 0 fully saturated rings. The molecule has 0 rings (SSSR count). The molecule has 0 aromatic heterocycles. The quantitative estimate of drug-likeness (QED) is 0.0910. The molecule has 9 heteroatoms. The lowest BCUT2D eigenvalue weighted by Gasteiger charge is -2.34. The zero-order valence-electron chi connectivity index (χ0n) is 20.7. The molecule has 200 valence electrons. The number of aliphatic hydroxyl groups excluding tert-OH is 3. The van der Waals surface area contributed by atoms with Gasteiger partial charge in [0.05, 0.1) is 13.2 Å². The van der Waals surface area contributed by atoms with E-state index in [1.807, 2.05) is 0 Å². The summed E-state index contributed by atoms with van der Waals surface area (Å²) in [5.74, 6) is -3.51. The van der Waals surface area contributed by atoms with Gasteiger partial charge in [-0.25, -0.2) is 4.90 Å². The lowest BCUT2D eigenvalue weighted by Crippen LogP contribution is -2.58. The minimum absolute atomic E-state index is 0.189. The number of unbranched alkanes of at least 4 members (excludes halogenated alkanes) is 14. The monoisotopic (exact) mass is 481 g/mol. The molecule has 0 radical (unpaired) electrons. The molecule has 0 amide bonds. The van der Waals surface area contributed by atoms with E-state index in [-0.39, 0.29) is 13.1 Å². The van der Waals surface area contributed by atoms with Gasteiger partial charge in [-0.05, 0) is 6.42 Å². The maximum atomic E-state index is 10.3. The largest absolute Gasteiger partial charge is 0.481 e. The highest BCUT2D eigenvalue weighted by atomic mass is 16.6. The molecule has 0 unspecified atom stereocenters. The first-order valence-electron chi connectivity index (χ1n) is 12.7. The van der Waals surface area contributed by atoms with Crippen LogP contribution in [0, 0.1) is 0 Å². The van der Waals surface area contributed by atoms with E-state index in [1.165, 1.54) is 83.5 Å². The summed E-state index contributed by atoms with van der Waals surface area (Å²) in [6.07, 6.45) is 17.8. The smallest absolute Gasteiger partial charge is 0.303 e. The highest BCUT2D eigenvalue weighted by Gasteiger charge is 2.38. The molecule has 9 nitrogen and oxygen atoms in total. The van der Waals surface area contributed by atoms with E-state index in [0.717, 1.165) is 17.7 Å². The van der Waals surface area contributed by atoms with Crippen molar-refractivity contribution in [1.82, 2.24) is 4.90 Å². The van der Waals surface area contributed by atoms with Gasteiger partial charge in [0.2, 0.25) is 6.29 Å². The lowest BCUT2D eigenvalue weighted by atomic mass is 10.0. The SMILES string of the molecule is CCCCCCCCCCCCCCCCCC(=O)O.OCCN(CCO)C(O)(O)C(O)O. The minimum Gasteiger partial charge on any atom is -0.481 e. The number of carboxylic acids is 1. The third-order valence-electron chi connectivity index (χ3n) is 5.55. The third-order valence-corrected chi connectivity index (χ3v) is 5.55.